The first-order valence-corrected chi connectivity index (χ1v) is 9.27. The summed E-state index contributed by atoms with van der Waals surface area (Å²) < 4.78 is 5.60. The lowest BCUT2D eigenvalue weighted by Crippen LogP contribution is -2.36. The van der Waals surface area contributed by atoms with Gasteiger partial charge in [-0.1, -0.05) is 12.1 Å². The SMILES string of the molecule is Cc1ccc(CN(C(=O)CCCc2nc3ccccc3c(=O)[nH]2)C(C)C)o1. The minimum atomic E-state index is -0.140. The number of nitrogens with zero attached hydrogens (tertiary/aromatic N) is 2. The van der Waals surface area contributed by atoms with Gasteiger partial charge >= 0.3 is 0 Å². The molecular weight excluding hydrogens is 342 g/mol. The van der Waals surface area contributed by atoms with Crippen molar-refractivity contribution in [2.75, 3.05) is 0 Å². The number of amides is 1. The van der Waals surface area contributed by atoms with Gasteiger partial charge in [0.05, 0.1) is 17.4 Å². The van der Waals surface area contributed by atoms with Crippen LogP contribution in [0.25, 0.3) is 10.9 Å². The van der Waals surface area contributed by atoms with Gasteiger partial charge in [-0.15, -0.1) is 0 Å². The third kappa shape index (κ3) is 4.64. The van der Waals surface area contributed by atoms with Crippen LogP contribution in [0.1, 0.15) is 44.0 Å². The average molecular weight is 367 g/mol. The predicted molar refractivity (Wildman–Crippen MR) is 104 cm³/mol. The van der Waals surface area contributed by atoms with Crippen molar-refractivity contribution in [1.82, 2.24) is 14.9 Å². The van der Waals surface area contributed by atoms with Crippen molar-refractivity contribution in [1.29, 1.82) is 0 Å². The van der Waals surface area contributed by atoms with Gasteiger partial charge < -0.3 is 14.3 Å². The summed E-state index contributed by atoms with van der Waals surface area (Å²) in [5, 5.41) is 0.581. The maximum Gasteiger partial charge on any atom is 0.258 e. The number of hydrogen-bond acceptors (Lipinski definition) is 4. The van der Waals surface area contributed by atoms with Crippen molar-refractivity contribution < 1.29 is 9.21 Å². The average Bonchev–Trinajstić information content (AvgIpc) is 3.04. The minimum absolute atomic E-state index is 0.0715. The molecule has 2 aromatic heterocycles. The molecule has 0 spiro atoms. The fraction of sp³-hybridized carbons (Fsp3) is 0.381. The van der Waals surface area contributed by atoms with E-state index >= 15 is 0 Å². The van der Waals surface area contributed by atoms with E-state index in [2.05, 4.69) is 9.97 Å². The summed E-state index contributed by atoms with van der Waals surface area (Å²) in [7, 11) is 0. The lowest BCUT2D eigenvalue weighted by atomic mass is 10.1. The third-order valence-electron chi connectivity index (χ3n) is 4.53. The molecule has 0 atom stereocenters. The van der Waals surface area contributed by atoms with Gasteiger partial charge in [-0.2, -0.15) is 0 Å². The zero-order valence-electron chi connectivity index (χ0n) is 16.0. The molecule has 27 heavy (non-hydrogen) atoms. The van der Waals surface area contributed by atoms with Gasteiger partial charge in [0, 0.05) is 18.9 Å². The van der Waals surface area contributed by atoms with Crippen LogP contribution in [-0.4, -0.2) is 26.8 Å². The molecular formula is C21H25N3O3. The molecule has 3 aromatic rings. The highest BCUT2D eigenvalue weighted by Gasteiger charge is 2.18. The Labute approximate surface area is 158 Å². The molecule has 1 aromatic carbocycles. The van der Waals surface area contributed by atoms with Gasteiger partial charge in [-0.05, 0) is 51.5 Å². The van der Waals surface area contributed by atoms with Crippen LogP contribution < -0.4 is 5.56 Å². The summed E-state index contributed by atoms with van der Waals surface area (Å²) in [4.78, 5) is 33.9. The second kappa shape index (κ2) is 8.20. The summed E-state index contributed by atoms with van der Waals surface area (Å²) in [6, 6.07) is 11.1. The number of hydrogen-bond donors (Lipinski definition) is 1. The number of para-hydroxylation sites is 1. The molecule has 0 aliphatic heterocycles. The molecule has 0 saturated carbocycles. The number of rotatable bonds is 7. The first-order valence-electron chi connectivity index (χ1n) is 9.27. The molecule has 0 radical (unpaired) electrons. The molecule has 0 bridgehead atoms. The lowest BCUT2D eigenvalue weighted by molar-refractivity contribution is -0.133. The fourth-order valence-electron chi connectivity index (χ4n) is 3.10. The summed E-state index contributed by atoms with van der Waals surface area (Å²) in [6.07, 6.45) is 1.58. The highest BCUT2D eigenvalue weighted by Crippen LogP contribution is 2.14. The number of aromatic nitrogens is 2. The van der Waals surface area contributed by atoms with Crippen molar-refractivity contribution >= 4 is 16.8 Å². The molecule has 1 N–H and O–H groups in total. The van der Waals surface area contributed by atoms with Crippen LogP contribution in [0.4, 0.5) is 0 Å². The molecule has 3 rings (SSSR count). The van der Waals surface area contributed by atoms with Crippen LogP contribution >= 0.6 is 0 Å². The monoisotopic (exact) mass is 367 g/mol. The van der Waals surface area contributed by atoms with Crippen LogP contribution in [0.15, 0.2) is 45.6 Å². The Bertz CT molecular complexity index is 988. The number of carbonyl (C=O) groups is 1. The van der Waals surface area contributed by atoms with Gasteiger partial charge in [0.15, 0.2) is 0 Å². The molecule has 0 saturated heterocycles. The first-order chi connectivity index (χ1) is 12.9. The Hall–Kier alpha value is -2.89. The highest BCUT2D eigenvalue weighted by molar-refractivity contribution is 5.77. The number of carbonyl (C=O) groups excluding carboxylic acids is 1. The molecule has 0 aliphatic rings. The first kappa shape index (κ1) is 18.9. The van der Waals surface area contributed by atoms with Gasteiger partial charge in [0.2, 0.25) is 5.91 Å². The summed E-state index contributed by atoms with van der Waals surface area (Å²) >= 11 is 0. The van der Waals surface area contributed by atoms with Gasteiger partial charge in [-0.25, -0.2) is 4.98 Å². The third-order valence-corrected chi connectivity index (χ3v) is 4.53. The number of benzene rings is 1. The Morgan fingerprint density at radius 1 is 1.22 bits per heavy atom. The number of H-pyrrole nitrogens is 1. The number of aryl methyl sites for hydroxylation is 2. The number of furan rings is 1. The Morgan fingerprint density at radius 3 is 2.70 bits per heavy atom. The van der Waals surface area contributed by atoms with Gasteiger partial charge in [0.25, 0.3) is 5.56 Å². The van der Waals surface area contributed by atoms with Gasteiger partial charge in [0.1, 0.15) is 17.3 Å². The normalized spacial score (nSPS) is 11.3. The van der Waals surface area contributed by atoms with E-state index < -0.39 is 0 Å². The standard InChI is InChI=1S/C21H25N3O3/c1-14(2)24(13-16-12-11-15(3)27-16)20(25)10-6-9-19-22-18-8-5-4-7-17(18)21(26)23-19/h4-5,7-8,11-12,14H,6,9-10,13H2,1-3H3,(H,22,23,26). The molecule has 6 heteroatoms. The van der Waals surface area contributed by atoms with E-state index in [4.69, 9.17) is 4.42 Å². The topological polar surface area (TPSA) is 79.2 Å². The summed E-state index contributed by atoms with van der Waals surface area (Å²) in [5.41, 5.74) is 0.540. The van der Waals surface area contributed by atoms with Crippen LogP contribution in [-0.2, 0) is 17.8 Å². The number of nitrogens with one attached hydrogen (secondary N) is 1. The molecule has 0 fully saturated rings. The quantitative estimate of drug-likeness (QED) is 0.692. The van der Waals surface area contributed by atoms with E-state index in [-0.39, 0.29) is 17.5 Å². The molecule has 6 nitrogen and oxygen atoms in total. The van der Waals surface area contributed by atoms with Crippen molar-refractivity contribution in [3.8, 4) is 0 Å². The second-order valence-electron chi connectivity index (χ2n) is 7.01. The van der Waals surface area contributed by atoms with Crippen LogP contribution in [0.3, 0.4) is 0 Å². The van der Waals surface area contributed by atoms with Crippen molar-refractivity contribution in [2.45, 2.75) is 52.6 Å². The minimum Gasteiger partial charge on any atom is -0.464 e. The fourth-order valence-corrected chi connectivity index (χ4v) is 3.10. The highest BCUT2D eigenvalue weighted by atomic mass is 16.3. The summed E-state index contributed by atoms with van der Waals surface area (Å²) in [6.45, 7) is 6.35. The van der Waals surface area contributed by atoms with Gasteiger partial charge in [-0.3, -0.25) is 9.59 Å². The molecule has 1 amide bonds. The van der Waals surface area contributed by atoms with Crippen molar-refractivity contribution in [3.05, 3.63) is 64.1 Å². The smallest absolute Gasteiger partial charge is 0.258 e. The molecule has 0 aliphatic carbocycles. The molecule has 2 heterocycles. The van der Waals surface area contributed by atoms with E-state index in [0.717, 1.165) is 11.5 Å². The number of fused-ring (bicyclic) bond motifs is 1. The Morgan fingerprint density at radius 2 is 2.00 bits per heavy atom. The van der Waals surface area contributed by atoms with E-state index in [9.17, 15) is 9.59 Å². The second-order valence-corrected chi connectivity index (χ2v) is 7.01. The zero-order chi connectivity index (χ0) is 19.4. The van der Waals surface area contributed by atoms with Crippen LogP contribution in [0, 0.1) is 6.92 Å². The largest absolute Gasteiger partial charge is 0.464 e. The summed E-state index contributed by atoms with van der Waals surface area (Å²) in [5.74, 6) is 2.31. The molecule has 0 unspecified atom stereocenters. The Kier molecular flexibility index (Phi) is 5.74. The van der Waals surface area contributed by atoms with Crippen LogP contribution in [0.5, 0.6) is 0 Å². The van der Waals surface area contributed by atoms with Crippen LogP contribution in [0.2, 0.25) is 0 Å². The van der Waals surface area contributed by atoms with E-state index in [1.165, 1.54) is 0 Å². The number of aromatic amines is 1. The maximum absolute atomic E-state index is 12.7. The van der Waals surface area contributed by atoms with E-state index in [1.54, 1.807) is 6.07 Å². The lowest BCUT2D eigenvalue weighted by Gasteiger charge is -2.26. The zero-order valence-corrected chi connectivity index (χ0v) is 16.0. The van der Waals surface area contributed by atoms with Crippen molar-refractivity contribution in [2.24, 2.45) is 0 Å². The Balaban J connectivity index is 1.61. The van der Waals surface area contributed by atoms with E-state index in [1.807, 2.05) is 56.0 Å². The van der Waals surface area contributed by atoms with Crippen molar-refractivity contribution in [3.63, 3.8) is 0 Å². The molecule has 142 valence electrons. The maximum atomic E-state index is 12.7. The predicted octanol–water partition coefficient (Wildman–Crippen LogP) is 3.58. The van der Waals surface area contributed by atoms with E-state index in [0.29, 0.717) is 42.5 Å².